The fraction of sp³-hybridized carbons (Fsp3) is 0.643. The molecule has 1 aliphatic rings. The third kappa shape index (κ3) is 4.19. The molecule has 5 heteroatoms. The van der Waals surface area contributed by atoms with Gasteiger partial charge in [-0.15, -0.1) is 5.10 Å². The lowest BCUT2D eigenvalue weighted by Gasteiger charge is -2.20. The van der Waals surface area contributed by atoms with Crippen LogP contribution in [0, 0.1) is 0 Å². The second kappa shape index (κ2) is 7.07. The van der Waals surface area contributed by atoms with Gasteiger partial charge in [0.15, 0.2) is 0 Å². The number of carbonyl (C=O) groups excluding carboxylic acids is 1. The third-order valence-electron chi connectivity index (χ3n) is 3.57. The molecule has 0 amide bonds. The summed E-state index contributed by atoms with van der Waals surface area (Å²) in [5.74, 6) is 1.06. The Balaban J connectivity index is 1.82. The fourth-order valence-corrected chi connectivity index (χ4v) is 2.45. The molecule has 19 heavy (non-hydrogen) atoms. The highest BCUT2D eigenvalue weighted by molar-refractivity contribution is 5.69. The largest absolute Gasteiger partial charge is 0.469 e. The number of hydrogen-bond acceptors (Lipinski definition) is 5. The Morgan fingerprint density at radius 3 is 2.74 bits per heavy atom. The Morgan fingerprint density at radius 2 is 2.11 bits per heavy atom. The summed E-state index contributed by atoms with van der Waals surface area (Å²) in [6, 6.07) is 3.98. The number of anilines is 1. The van der Waals surface area contributed by atoms with Gasteiger partial charge in [0.1, 0.15) is 5.82 Å². The van der Waals surface area contributed by atoms with Crippen molar-refractivity contribution >= 4 is 11.8 Å². The molecule has 2 rings (SSSR count). The van der Waals surface area contributed by atoms with Crippen LogP contribution in [0.3, 0.4) is 0 Å². The Hall–Kier alpha value is -1.65. The standard InChI is InChI=1S/C14H21N3O2/c1-19-14(18)9-10-15-13-8-7-12(16-17-13)11-5-3-2-4-6-11/h7-8,11H,2-6,9-10H2,1H3,(H,15,17). The monoisotopic (exact) mass is 263 g/mol. The number of methoxy groups -OCH3 is 1. The van der Waals surface area contributed by atoms with E-state index in [0.717, 1.165) is 5.69 Å². The first-order valence-electron chi connectivity index (χ1n) is 6.94. The number of carbonyl (C=O) groups is 1. The van der Waals surface area contributed by atoms with Crippen LogP contribution in [0.25, 0.3) is 0 Å². The number of hydrogen-bond donors (Lipinski definition) is 1. The van der Waals surface area contributed by atoms with Gasteiger partial charge in [-0.05, 0) is 25.0 Å². The van der Waals surface area contributed by atoms with Crippen molar-refractivity contribution in [1.82, 2.24) is 10.2 Å². The Labute approximate surface area is 113 Å². The van der Waals surface area contributed by atoms with E-state index in [1.54, 1.807) is 0 Å². The van der Waals surface area contributed by atoms with Gasteiger partial charge in [-0.2, -0.15) is 5.10 Å². The Morgan fingerprint density at radius 1 is 1.32 bits per heavy atom. The van der Waals surface area contributed by atoms with Crippen molar-refractivity contribution in [2.45, 2.75) is 44.4 Å². The lowest BCUT2D eigenvalue weighted by molar-refractivity contribution is -0.140. The molecular formula is C14H21N3O2. The highest BCUT2D eigenvalue weighted by atomic mass is 16.5. The average molecular weight is 263 g/mol. The zero-order chi connectivity index (χ0) is 13.5. The number of aromatic nitrogens is 2. The van der Waals surface area contributed by atoms with Crippen LogP contribution in [0.5, 0.6) is 0 Å². The summed E-state index contributed by atoms with van der Waals surface area (Å²) >= 11 is 0. The van der Waals surface area contributed by atoms with E-state index in [0.29, 0.717) is 24.7 Å². The molecule has 0 spiro atoms. The molecule has 0 atom stereocenters. The van der Waals surface area contributed by atoms with Crippen molar-refractivity contribution in [3.63, 3.8) is 0 Å². The highest BCUT2D eigenvalue weighted by Gasteiger charge is 2.16. The zero-order valence-electron chi connectivity index (χ0n) is 11.4. The SMILES string of the molecule is COC(=O)CCNc1ccc(C2CCCCC2)nn1. The van der Waals surface area contributed by atoms with Crippen LogP contribution in [0.15, 0.2) is 12.1 Å². The Kier molecular flexibility index (Phi) is 5.12. The molecule has 1 aromatic rings. The third-order valence-corrected chi connectivity index (χ3v) is 3.57. The van der Waals surface area contributed by atoms with Crippen molar-refractivity contribution in [3.8, 4) is 0 Å². The zero-order valence-corrected chi connectivity index (χ0v) is 11.4. The highest BCUT2D eigenvalue weighted by Crippen LogP contribution is 2.31. The maximum absolute atomic E-state index is 11.0. The molecule has 1 saturated carbocycles. The predicted molar refractivity (Wildman–Crippen MR) is 73.0 cm³/mol. The predicted octanol–water partition coefficient (Wildman–Crippen LogP) is 2.50. The number of nitrogens with zero attached hydrogens (tertiary/aromatic N) is 2. The second-order valence-corrected chi connectivity index (χ2v) is 4.93. The van der Waals surface area contributed by atoms with E-state index < -0.39 is 0 Å². The van der Waals surface area contributed by atoms with E-state index in [1.807, 2.05) is 12.1 Å². The Bertz CT molecular complexity index is 400. The first-order chi connectivity index (χ1) is 9.29. The van der Waals surface area contributed by atoms with Crippen LogP contribution in [0.4, 0.5) is 5.82 Å². The van der Waals surface area contributed by atoms with Crippen molar-refractivity contribution in [1.29, 1.82) is 0 Å². The molecule has 1 aromatic heterocycles. The summed E-state index contributed by atoms with van der Waals surface area (Å²) in [5, 5.41) is 11.5. The van der Waals surface area contributed by atoms with Crippen molar-refractivity contribution in [2.24, 2.45) is 0 Å². The molecule has 0 aliphatic heterocycles. The molecule has 1 aliphatic carbocycles. The van der Waals surface area contributed by atoms with Gasteiger partial charge in [0.2, 0.25) is 0 Å². The number of nitrogens with one attached hydrogen (secondary N) is 1. The number of esters is 1. The van der Waals surface area contributed by atoms with Crippen LogP contribution in [-0.4, -0.2) is 29.8 Å². The minimum Gasteiger partial charge on any atom is -0.469 e. The summed E-state index contributed by atoms with van der Waals surface area (Å²) in [5.41, 5.74) is 1.10. The van der Waals surface area contributed by atoms with Gasteiger partial charge < -0.3 is 10.1 Å². The molecular weight excluding hydrogens is 242 g/mol. The van der Waals surface area contributed by atoms with E-state index in [9.17, 15) is 4.79 Å². The molecule has 0 bridgehead atoms. The average Bonchev–Trinajstić information content (AvgIpc) is 2.48. The first-order valence-corrected chi connectivity index (χ1v) is 6.94. The lowest BCUT2D eigenvalue weighted by atomic mass is 9.87. The molecule has 0 aromatic carbocycles. The van der Waals surface area contributed by atoms with Gasteiger partial charge in [-0.1, -0.05) is 19.3 Å². The van der Waals surface area contributed by atoms with Gasteiger partial charge in [0.05, 0.1) is 19.2 Å². The lowest BCUT2D eigenvalue weighted by Crippen LogP contribution is -2.12. The normalized spacial score (nSPS) is 16.1. The minimum atomic E-state index is -0.223. The quantitative estimate of drug-likeness (QED) is 0.827. The van der Waals surface area contributed by atoms with E-state index in [-0.39, 0.29) is 5.97 Å². The molecule has 5 nitrogen and oxygen atoms in total. The maximum Gasteiger partial charge on any atom is 0.307 e. The first kappa shape index (κ1) is 13.8. The van der Waals surface area contributed by atoms with Crippen molar-refractivity contribution < 1.29 is 9.53 Å². The van der Waals surface area contributed by atoms with E-state index in [4.69, 9.17) is 0 Å². The summed E-state index contributed by atoms with van der Waals surface area (Å²) in [7, 11) is 1.39. The molecule has 0 unspecified atom stereocenters. The van der Waals surface area contributed by atoms with Crippen LogP contribution in [-0.2, 0) is 9.53 Å². The molecule has 1 fully saturated rings. The smallest absolute Gasteiger partial charge is 0.307 e. The summed E-state index contributed by atoms with van der Waals surface area (Å²) in [6.07, 6.45) is 6.73. The van der Waals surface area contributed by atoms with E-state index in [1.165, 1.54) is 39.2 Å². The summed E-state index contributed by atoms with van der Waals surface area (Å²) < 4.78 is 4.57. The number of ether oxygens (including phenoxy) is 1. The van der Waals surface area contributed by atoms with E-state index in [2.05, 4.69) is 20.3 Å². The topological polar surface area (TPSA) is 64.1 Å². The van der Waals surface area contributed by atoms with Crippen LogP contribution >= 0.6 is 0 Å². The van der Waals surface area contributed by atoms with Crippen molar-refractivity contribution in [3.05, 3.63) is 17.8 Å². The van der Waals surface area contributed by atoms with Gasteiger partial charge >= 0.3 is 5.97 Å². The molecule has 1 heterocycles. The van der Waals surface area contributed by atoms with Gasteiger partial charge in [-0.3, -0.25) is 4.79 Å². The fourth-order valence-electron chi connectivity index (χ4n) is 2.45. The molecule has 0 saturated heterocycles. The van der Waals surface area contributed by atoms with E-state index >= 15 is 0 Å². The van der Waals surface area contributed by atoms with Gasteiger partial charge in [0, 0.05) is 12.5 Å². The maximum atomic E-state index is 11.0. The summed E-state index contributed by atoms with van der Waals surface area (Å²) in [4.78, 5) is 11.0. The molecule has 0 radical (unpaired) electrons. The minimum absolute atomic E-state index is 0.223. The van der Waals surface area contributed by atoms with Gasteiger partial charge in [-0.25, -0.2) is 0 Å². The second-order valence-electron chi connectivity index (χ2n) is 4.93. The summed E-state index contributed by atoms with van der Waals surface area (Å²) in [6.45, 7) is 0.518. The number of rotatable bonds is 5. The van der Waals surface area contributed by atoms with Gasteiger partial charge in [0.25, 0.3) is 0 Å². The van der Waals surface area contributed by atoms with Crippen molar-refractivity contribution in [2.75, 3.05) is 19.0 Å². The van der Waals surface area contributed by atoms with Crippen LogP contribution in [0.1, 0.15) is 50.1 Å². The van der Waals surface area contributed by atoms with Crippen LogP contribution < -0.4 is 5.32 Å². The molecule has 1 N–H and O–H groups in total. The van der Waals surface area contributed by atoms with Crippen LogP contribution in [0.2, 0.25) is 0 Å². The molecule has 104 valence electrons.